The number of aromatic nitrogens is 4. The second kappa shape index (κ2) is 5.84. The summed E-state index contributed by atoms with van der Waals surface area (Å²) in [6.07, 6.45) is 6.05. The number of carbonyl (C=O) groups is 1. The Morgan fingerprint density at radius 3 is 3.00 bits per heavy atom. The van der Waals surface area contributed by atoms with Crippen molar-refractivity contribution in [2.45, 2.75) is 19.8 Å². The van der Waals surface area contributed by atoms with Gasteiger partial charge in [-0.1, -0.05) is 12.1 Å². The largest absolute Gasteiger partial charge is 0.339 e. The Balaban J connectivity index is 1.64. The lowest BCUT2D eigenvalue weighted by atomic mass is 10.1. The van der Waals surface area contributed by atoms with Crippen molar-refractivity contribution >= 4 is 11.6 Å². The minimum absolute atomic E-state index is 0.137. The Kier molecular flexibility index (Phi) is 3.53. The highest BCUT2D eigenvalue weighted by atomic mass is 16.5. The zero-order valence-electron chi connectivity index (χ0n) is 13.1. The third-order valence-electron chi connectivity index (χ3n) is 4.03. The fourth-order valence-electron chi connectivity index (χ4n) is 2.82. The number of carbonyl (C=O) groups excluding carboxylic acids is 1. The van der Waals surface area contributed by atoms with Gasteiger partial charge in [0.05, 0.1) is 6.20 Å². The number of hydrogen-bond acceptors (Lipinski definition) is 6. The smallest absolute Gasteiger partial charge is 0.278 e. The van der Waals surface area contributed by atoms with Gasteiger partial charge >= 0.3 is 0 Å². The lowest BCUT2D eigenvalue weighted by Crippen LogP contribution is -2.29. The van der Waals surface area contributed by atoms with E-state index in [1.165, 1.54) is 12.4 Å². The van der Waals surface area contributed by atoms with Gasteiger partial charge in [0.15, 0.2) is 0 Å². The molecule has 0 saturated carbocycles. The van der Waals surface area contributed by atoms with Gasteiger partial charge in [0, 0.05) is 36.6 Å². The summed E-state index contributed by atoms with van der Waals surface area (Å²) in [5.41, 5.74) is 3.23. The van der Waals surface area contributed by atoms with Crippen molar-refractivity contribution in [3.05, 3.63) is 53.9 Å². The van der Waals surface area contributed by atoms with Crippen molar-refractivity contribution in [1.29, 1.82) is 0 Å². The minimum atomic E-state index is -0.137. The molecule has 4 rings (SSSR count). The van der Waals surface area contributed by atoms with E-state index in [4.69, 9.17) is 4.52 Å². The number of aryl methyl sites for hydroxylation is 1. The second-order valence-corrected chi connectivity index (χ2v) is 5.51. The third-order valence-corrected chi connectivity index (χ3v) is 4.03. The van der Waals surface area contributed by atoms with E-state index < -0.39 is 0 Å². The number of nitrogens with zero attached hydrogens (tertiary/aromatic N) is 5. The molecular formula is C17H15N5O2. The maximum atomic E-state index is 12.6. The van der Waals surface area contributed by atoms with Crippen molar-refractivity contribution in [2.24, 2.45) is 0 Å². The van der Waals surface area contributed by atoms with Gasteiger partial charge in [-0.3, -0.25) is 9.78 Å². The molecule has 1 aliphatic rings. The maximum Gasteiger partial charge on any atom is 0.278 e. The number of hydrogen-bond donors (Lipinski definition) is 0. The molecule has 1 aliphatic heterocycles. The molecule has 0 saturated heterocycles. The Morgan fingerprint density at radius 1 is 1.33 bits per heavy atom. The van der Waals surface area contributed by atoms with Gasteiger partial charge < -0.3 is 9.42 Å². The van der Waals surface area contributed by atoms with E-state index in [1.807, 2.05) is 25.1 Å². The average Bonchev–Trinajstić information content (AvgIpc) is 3.28. The highest BCUT2D eigenvalue weighted by molar-refractivity contribution is 6.06. The molecule has 1 amide bonds. The van der Waals surface area contributed by atoms with Crippen molar-refractivity contribution in [2.75, 3.05) is 11.4 Å². The quantitative estimate of drug-likeness (QED) is 0.736. The zero-order valence-corrected chi connectivity index (χ0v) is 13.1. The van der Waals surface area contributed by atoms with Gasteiger partial charge in [-0.25, -0.2) is 4.98 Å². The summed E-state index contributed by atoms with van der Waals surface area (Å²) < 4.78 is 5.16. The van der Waals surface area contributed by atoms with Gasteiger partial charge in [0.25, 0.3) is 5.91 Å². The fourth-order valence-corrected chi connectivity index (χ4v) is 2.82. The number of fused-ring (bicyclic) bond motifs is 1. The zero-order chi connectivity index (χ0) is 16.5. The summed E-state index contributed by atoms with van der Waals surface area (Å²) in [5, 5.41) is 4.00. The van der Waals surface area contributed by atoms with E-state index in [0.29, 0.717) is 30.4 Å². The molecule has 0 unspecified atom stereocenters. The van der Waals surface area contributed by atoms with Crippen LogP contribution in [0.5, 0.6) is 0 Å². The lowest BCUT2D eigenvalue weighted by molar-refractivity contribution is 0.0984. The molecule has 7 heteroatoms. The van der Waals surface area contributed by atoms with Crippen LogP contribution < -0.4 is 4.90 Å². The number of amides is 1. The summed E-state index contributed by atoms with van der Waals surface area (Å²) in [6.45, 7) is 2.59. The molecule has 0 N–H and O–H groups in total. The molecular weight excluding hydrogens is 306 g/mol. The first kappa shape index (κ1) is 14.5. The molecule has 1 aromatic carbocycles. The summed E-state index contributed by atoms with van der Waals surface area (Å²) in [4.78, 5) is 26.7. The standard InChI is InChI=1S/C17H15N5O2/c1-2-15-20-16(21-24-15)12-3-4-14-11(9-12)5-8-22(14)17(23)13-10-18-6-7-19-13/h3-4,6-7,9-10H,2,5,8H2,1H3. The topological polar surface area (TPSA) is 85.0 Å². The van der Waals surface area contributed by atoms with Gasteiger partial charge in [-0.05, 0) is 30.2 Å². The van der Waals surface area contributed by atoms with E-state index in [1.54, 1.807) is 11.1 Å². The van der Waals surface area contributed by atoms with E-state index >= 15 is 0 Å². The first-order chi connectivity index (χ1) is 11.8. The van der Waals surface area contributed by atoms with Crippen molar-refractivity contribution < 1.29 is 9.32 Å². The Morgan fingerprint density at radius 2 is 2.25 bits per heavy atom. The molecule has 0 atom stereocenters. The predicted molar refractivity (Wildman–Crippen MR) is 86.5 cm³/mol. The summed E-state index contributed by atoms with van der Waals surface area (Å²) in [5.74, 6) is 1.06. The SMILES string of the molecule is CCc1nc(-c2ccc3c(c2)CCN3C(=O)c2cnccn2)no1. The van der Waals surface area contributed by atoms with Gasteiger partial charge in [0.1, 0.15) is 5.69 Å². The van der Waals surface area contributed by atoms with Crippen molar-refractivity contribution in [1.82, 2.24) is 20.1 Å². The van der Waals surface area contributed by atoms with E-state index in [9.17, 15) is 4.79 Å². The van der Waals surface area contributed by atoms with Crippen LogP contribution in [0.3, 0.4) is 0 Å². The third kappa shape index (κ3) is 2.44. The van der Waals surface area contributed by atoms with Crippen LogP contribution in [0.4, 0.5) is 5.69 Å². The highest BCUT2D eigenvalue weighted by Crippen LogP contribution is 2.32. The minimum Gasteiger partial charge on any atom is -0.339 e. The highest BCUT2D eigenvalue weighted by Gasteiger charge is 2.27. The van der Waals surface area contributed by atoms with E-state index in [2.05, 4.69) is 20.1 Å². The van der Waals surface area contributed by atoms with E-state index in [0.717, 1.165) is 23.2 Å². The second-order valence-electron chi connectivity index (χ2n) is 5.51. The van der Waals surface area contributed by atoms with Crippen LogP contribution in [0.2, 0.25) is 0 Å². The Hall–Kier alpha value is -3.09. The lowest BCUT2D eigenvalue weighted by Gasteiger charge is -2.16. The molecule has 2 aromatic heterocycles. The molecule has 0 fully saturated rings. The van der Waals surface area contributed by atoms with Crippen LogP contribution >= 0.6 is 0 Å². The van der Waals surface area contributed by atoms with Gasteiger partial charge in [-0.15, -0.1) is 0 Å². The summed E-state index contributed by atoms with van der Waals surface area (Å²) in [6, 6.07) is 5.85. The van der Waals surface area contributed by atoms with Gasteiger partial charge in [-0.2, -0.15) is 4.98 Å². The molecule has 3 aromatic rings. The summed E-state index contributed by atoms with van der Waals surface area (Å²) in [7, 11) is 0. The van der Waals surface area contributed by atoms with Gasteiger partial charge in [0.2, 0.25) is 11.7 Å². The molecule has 7 nitrogen and oxygen atoms in total. The average molecular weight is 321 g/mol. The normalized spacial score (nSPS) is 13.1. The van der Waals surface area contributed by atoms with Crippen LogP contribution in [0.25, 0.3) is 11.4 Å². The van der Waals surface area contributed by atoms with Crippen molar-refractivity contribution in [3.63, 3.8) is 0 Å². The van der Waals surface area contributed by atoms with Crippen LogP contribution in [0, 0.1) is 0 Å². The van der Waals surface area contributed by atoms with Crippen LogP contribution in [-0.2, 0) is 12.8 Å². The predicted octanol–water partition coefficient (Wildman–Crippen LogP) is 2.29. The van der Waals surface area contributed by atoms with Crippen molar-refractivity contribution in [3.8, 4) is 11.4 Å². The molecule has 0 spiro atoms. The molecule has 3 heterocycles. The number of anilines is 1. The first-order valence-corrected chi connectivity index (χ1v) is 7.80. The van der Waals surface area contributed by atoms with Crippen LogP contribution in [0.15, 0.2) is 41.3 Å². The first-order valence-electron chi connectivity index (χ1n) is 7.80. The monoisotopic (exact) mass is 321 g/mol. The number of benzene rings is 1. The Bertz CT molecular complexity index is 891. The molecule has 0 aliphatic carbocycles. The number of rotatable bonds is 3. The molecule has 24 heavy (non-hydrogen) atoms. The maximum absolute atomic E-state index is 12.6. The van der Waals surface area contributed by atoms with E-state index in [-0.39, 0.29) is 5.91 Å². The molecule has 120 valence electrons. The van der Waals surface area contributed by atoms with Crippen LogP contribution in [-0.4, -0.2) is 32.6 Å². The fraction of sp³-hybridized carbons (Fsp3) is 0.235. The molecule has 0 radical (unpaired) electrons. The Labute approximate surface area is 138 Å². The summed E-state index contributed by atoms with van der Waals surface area (Å²) >= 11 is 0. The molecule has 0 bridgehead atoms. The van der Waals surface area contributed by atoms with Crippen LogP contribution in [0.1, 0.15) is 28.9 Å².